The van der Waals surface area contributed by atoms with Gasteiger partial charge in [-0.3, -0.25) is 9.36 Å². The van der Waals surface area contributed by atoms with Crippen LogP contribution in [0.1, 0.15) is 18.8 Å². The van der Waals surface area contributed by atoms with Crippen LogP contribution in [0.5, 0.6) is 0 Å². The van der Waals surface area contributed by atoms with Crippen LogP contribution in [-0.4, -0.2) is 19.5 Å². The molecule has 0 bridgehead atoms. The topological polar surface area (TPSA) is 125 Å². The molecule has 4 aromatic rings. The Morgan fingerprint density at radius 3 is 2.53 bits per heavy atom. The van der Waals surface area contributed by atoms with Gasteiger partial charge in [-0.2, -0.15) is 14.4 Å². The van der Waals surface area contributed by atoms with Gasteiger partial charge in [0.05, 0.1) is 27.7 Å². The third kappa shape index (κ3) is 3.39. The van der Waals surface area contributed by atoms with Gasteiger partial charge in [-0.15, -0.1) is 0 Å². The fourth-order valence-electron chi connectivity index (χ4n) is 3.17. The van der Waals surface area contributed by atoms with E-state index in [1.54, 1.807) is 49.4 Å². The molecular weight excluding hydrogens is 409 g/mol. The lowest BCUT2D eigenvalue weighted by atomic mass is 10.2. The molecule has 0 aliphatic carbocycles. The Bertz CT molecular complexity index is 1310. The fourth-order valence-corrected chi connectivity index (χ4v) is 3.42. The molecule has 8 nitrogen and oxygen atoms in total. The predicted octanol–water partition coefficient (Wildman–Crippen LogP) is 3.31. The molecule has 5 N–H and O–H groups in total. The summed E-state index contributed by atoms with van der Waals surface area (Å²) in [4.78, 5) is 25.5. The van der Waals surface area contributed by atoms with Crippen molar-refractivity contribution in [1.82, 2.24) is 19.5 Å². The van der Waals surface area contributed by atoms with E-state index in [9.17, 15) is 9.18 Å². The van der Waals surface area contributed by atoms with Crippen molar-refractivity contribution >= 4 is 40.1 Å². The number of benzene rings is 2. The molecule has 2 aromatic heterocycles. The molecule has 0 saturated carbocycles. The molecule has 0 saturated heterocycles. The first kappa shape index (κ1) is 19.6. The van der Waals surface area contributed by atoms with Crippen molar-refractivity contribution in [3.8, 4) is 5.69 Å². The summed E-state index contributed by atoms with van der Waals surface area (Å²) in [5.41, 5.74) is 11.8. The van der Waals surface area contributed by atoms with Crippen LogP contribution in [-0.2, 0) is 0 Å². The van der Waals surface area contributed by atoms with E-state index in [1.165, 1.54) is 4.57 Å². The van der Waals surface area contributed by atoms with E-state index in [4.69, 9.17) is 23.1 Å². The SMILES string of the molecule is C[C@H](Nc1nc(N)nc(N)c1F)c1nc2cccc(Cl)c2c(=O)n1-c1ccccc1. The van der Waals surface area contributed by atoms with Crippen molar-refractivity contribution < 1.29 is 4.39 Å². The molecule has 30 heavy (non-hydrogen) atoms. The number of nitrogen functional groups attached to an aromatic ring is 2. The highest BCUT2D eigenvalue weighted by Gasteiger charge is 2.21. The minimum atomic E-state index is -0.839. The highest BCUT2D eigenvalue weighted by molar-refractivity contribution is 6.35. The van der Waals surface area contributed by atoms with Crippen molar-refractivity contribution in [1.29, 1.82) is 0 Å². The molecule has 0 amide bonds. The number of rotatable bonds is 4. The van der Waals surface area contributed by atoms with E-state index in [-0.39, 0.29) is 23.1 Å². The van der Waals surface area contributed by atoms with Crippen molar-refractivity contribution in [2.75, 3.05) is 16.8 Å². The number of nitrogens with one attached hydrogen (secondary N) is 1. The number of hydrogen-bond acceptors (Lipinski definition) is 7. The fraction of sp³-hybridized carbons (Fsp3) is 0.100. The maximum Gasteiger partial charge on any atom is 0.267 e. The number of anilines is 3. The summed E-state index contributed by atoms with van der Waals surface area (Å²) >= 11 is 6.28. The first-order valence-corrected chi connectivity index (χ1v) is 9.36. The highest BCUT2D eigenvalue weighted by Crippen LogP contribution is 2.26. The molecule has 152 valence electrons. The number of fused-ring (bicyclic) bond motifs is 1. The lowest BCUT2D eigenvalue weighted by molar-refractivity contribution is 0.617. The Kier molecular flexibility index (Phi) is 4.96. The van der Waals surface area contributed by atoms with E-state index in [1.807, 2.05) is 6.07 Å². The molecule has 1 atom stereocenters. The van der Waals surface area contributed by atoms with Gasteiger partial charge in [-0.25, -0.2) is 4.98 Å². The number of aromatic nitrogens is 4. The molecule has 0 radical (unpaired) electrons. The van der Waals surface area contributed by atoms with Gasteiger partial charge in [0.25, 0.3) is 5.56 Å². The van der Waals surface area contributed by atoms with Gasteiger partial charge in [0.2, 0.25) is 11.8 Å². The maximum absolute atomic E-state index is 14.4. The minimum absolute atomic E-state index is 0.178. The molecular formula is C20H17ClFN7O. The Hall–Kier alpha value is -3.72. The van der Waals surface area contributed by atoms with E-state index in [0.29, 0.717) is 27.4 Å². The van der Waals surface area contributed by atoms with E-state index >= 15 is 0 Å². The summed E-state index contributed by atoms with van der Waals surface area (Å²) in [6.45, 7) is 1.71. The van der Waals surface area contributed by atoms with E-state index in [2.05, 4.69) is 20.3 Å². The lowest BCUT2D eigenvalue weighted by Crippen LogP contribution is -2.28. The monoisotopic (exact) mass is 425 g/mol. The molecule has 0 spiro atoms. The summed E-state index contributed by atoms with van der Waals surface area (Å²) in [5, 5.41) is 3.47. The van der Waals surface area contributed by atoms with Gasteiger partial charge in [0, 0.05) is 0 Å². The van der Waals surface area contributed by atoms with Gasteiger partial charge in [-0.05, 0) is 31.2 Å². The summed E-state index contributed by atoms with van der Waals surface area (Å²) < 4.78 is 15.8. The molecule has 2 heterocycles. The van der Waals surface area contributed by atoms with Crippen LogP contribution in [0.2, 0.25) is 5.02 Å². The predicted molar refractivity (Wildman–Crippen MR) is 115 cm³/mol. The molecule has 0 unspecified atom stereocenters. The molecule has 0 aliphatic rings. The van der Waals surface area contributed by atoms with Crippen LogP contribution in [0, 0.1) is 5.82 Å². The van der Waals surface area contributed by atoms with Gasteiger partial charge in [0.1, 0.15) is 5.82 Å². The van der Waals surface area contributed by atoms with Crippen molar-refractivity contribution in [3.05, 3.63) is 75.5 Å². The van der Waals surface area contributed by atoms with E-state index in [0.717, 1.165) is 0 Å². The maximum atomic E-state index is 14.4. The standard InChI is InChI=1S/C20H17ClFN7O/c1-10(25-17-15(22)16(23)27-20(24)28-17)18-26-13-9-5-8-12(21)14(13)19(30)29(18)11-6-3-2-4-7-11/h2-10H,1H3,(H5,23,24,25,27,28)/t10-/m0/s1. The second kappa shape index (κ2) is 7.60. The molecule has 0 aliphatic heterocycles. The van der Waals surface area contributed by atoms with Crippen LogP contribution in [0.25, 0.3) is 16.6 Å². The quantitative estimate of drug-likeness (QED) is 0.458. The smallest absolute Gasteiger partial charge is 0.267 e. The minimum Gasteiger partial charge on any atom is -0.381 e. The molecule has 4 rings (SSSR count). The Morgan fingerprint density at radius 2 is 1.80 bits per heavy atom. The van der Waals surface area contributed by atoms with Crippen molar-refractivity contribution in [2.45, 2.75) is 13.0 Å². The Balaban J connectivity index is 1.93. The third-order valence-electron chi connectivity index (χ3n) is 4.52. The number of nitrogens with zero attached hydrogens (tertiary/aromatic N) is 4. The van der Waals surface area contributed by atoms with Gasteiger partial charge in [0.15, 0.2) is 11.6 Å². The third-order valence-corrected chi connectivity index (χ3v) is 4.84. The Labute approximate surface area is 175 Å². The summed E-state index contributed by atoms with van der Waals surface area (Å²) in [7, 11) is 0. The van der Waals surface area contributed by atoms with Crippen molar-refractivity contribution in [2.24, 2.45) is 0 Å². The number of hydrogen-bond donors (Lipinski definition) is 3. The van der Waals surface area contributed by atoms with Crippen LogP contribution >= 0.6 is 11.6 Å². The van der Waals surface area contributed by atoms with Gasteiger partial charge >= 0.3 is 0 Å². The van der Waals surface area contributed by atoms with Gasteiger partial charge in [-0.1, -0.05) is 35.9 Å². The zero-order valence-corrected chi connectivity index (χ0v) is 16.6. The molecule has 10 heteroatoms. The summed E-state index contributed by atoms with van der Waals surface area (Å²) in [6.07, 6.45) is 0. The number of halogens is 2. The van der Waals surface area contributed by atoms with E-state index < -0.39 is 11.9 Å². The van der Waals surface area contributed by atoms with Gasteiger partial charge < -0.3 is 16.8 Å². The summed E-state index contributed by atoms with van der Waals surface area (Å²) in [5.74, 6) is -1.25. The average molecular weight is 426 g/mol. The van der Waals surface area contributed by atoms with Crippen LogP contribution in [0.4, 0.5) is 22.0 Å². The first-order chi connectivity index (χ1) is 14.4. The van der Waals surface area contributed by atoms with Crippen molar-refractivity contribution in [3.63, 3.8) is 0 Å². The zero-order valence-electron chi connectivity index (χ0n) is 15.8. The van der Waals surface area contributed by atoms with Crippen LogP contribution in [0.15, 0.2) is 53.3 Å². The number of nitrogens with two attached hydrogens (primary N) is 2. The lowest BCUT2D eigenvalue weighted by Gasteiger charge is -2.20. The highest BCUT2D eigenvalue weighted by atomic mass is 35.5. The first-order valence-electron chi connectivity index (χ1n) is 8.98. The van der Waals surface area contributed by atoms with Crippen LogP contribution in [0.3, 0.4) is 0 Å². The molecule has 0 fully saturated rings. The average Bonchev–Trinajstić information content (AvgIpc) is 2.72. The second-order valence-electron chi connectivity index (χ2n) is 6.58. The largest absolute Gasteiger partial charge is 0.381 e. The Morgan fingerprint density at radius 1 is 1.07 bits per heavy atom. The van der Waals surface area contributed by atoms with Crippen LogP contribution < -0.4 is 22.3 Å². The normalized spacial score (nSPS) is 12.1. The second-order valence-corrected chi connectivity index (χ2v) is 6.98. The summed E-state index contributed by atoms with van der Waals surface area (Å²) in [6, 6.07) is 13.3. The number of para-hydroxylation sites is 1. The molecule has 2 aromatic carbocycles. The zero-order chi connectivity index (χ0) is 21.4.